The Hall–Kier alpha value is -3.78. The molecule has 2 aromatic carbocycles. The first-order chi connectivity index (χ1) is 15.0. The lowest BCUT2D eigenvalue weighted by atomic mass is 10.1. The largest absolute Gasteiger partial charge is 0.465 e. The second kappa shape index (κ2) is 8.93. The fourth-order valence-corrected chi connectivity index (χ4v) is 3.13. The van der Waals surface area contributed by atoms with Gasteiger partial charge in [-0.1, -0.05) is 35.5 Å². The van der Waals surface area contributed by atoms with Crippen molar-refractivity contribution in [3.05, 3.63) is 77.5 Å². The molecule has 0 radical (unpaired) electrons. The van der Waals surface area contributed by atoms with Gasteiger partial charge in [-0.15, -0.1) is 0 Å². The van der Waals surface area contributed by atoms with Crippen molar-refractivity contribution in [3.8, 4) is 22.8 Å². The molecule has 4 aromatic rings. The van der Waals surface area contributed by atoms with E-state index in [9.17, 15) is 4.79 Å². The second-order valence-corrected chi connectivity index (χ2v) is 7.14. The van der Waals surface area contributed by atoms with Gasteiger partial charge < -0.3 is 13.7 Å². The van der Waals surface area contributed by atoms with Crippen LogP contribution < -0.4 is 0 Å². The molecule has 0 aliphatic carbocycles. The fourth-order valence-electron chi connectivity index (χ4n) is 3.13. The van der Waals surface area contributed by atoms with Crippen LogP contribution in [0.3, 0.4) is 0 Å². The summed E-state index contributed by atoms with van der Waals surface area (Å²) in [6.45, 7) is 2.91. The summed E-state index contributed by atoms with van der Waals surface area (Å²) in [5.41, 5.74) is 2.99. The average Bonchev–Trinajstić information content (AvgIpc) is 3.40. The number of carbonyl (C=O) groups excluding carboxylic acids is 1. The Labute approximate surface area is 179 Å². The van der Waals surface area contributed by atoms with Crippen molar-refractivity contribution in [1.82, 2.24) is 20.0 Å². The van der Waals surface area contributed by atoms with Gasteiger partial charge in [-0.05, 0) is 38.2 Å². The van der Waals surface area contributed by atoms with Gasteiger partial charge in [0.15, 0.2) is 0 Å². The van der Waals surface area contributed by atoms with Crippen LogP contribution in [0.4, 0.5) is 0 Å². The third-order valence-electron chi connectivity index (χ3n) is 4.77. The highest BCUT2D eigenvalue weighted by atomic mass is 16.5. The number of aromatic nitrogens is 3. The molecular formula is C23H22N4O4. The molecule has 0 saturated carbocycles. The molecule has 158 valence electrons. The van der Waals surface area contributed by atoms with E-state index in [-0.39, 0.29) is 5.97 Å². The summed E-state index contributed by atoms with van der Waals surface area (Å²) < 4.78 is 15.9. The standard InChI is InChI=1S/C23H22N4O4/c1-15-19(24-22(30-15)17-9-11-18(12-10-17)23(28)29-3)13-27(2)14-20-25-21(26-31-20)16-7-5-4-6-8-16/h4-12H,13-14H2,1-3H3. The van der Waals surface area contributed by atoms with E-state index in [1.54, 1.807) is 24.3 Å². The Bertz CT molecular complexity index is 1170. The van der Waals surface area contributed by atoms with Crippen molar-refractivity contribution in [1.29, 1.82) is 0 Å². The number of methoxy groups -OCH3 is 1. The van der Waals surface area contributed by atoms with Gasteiger partial charge in [0.25, 0.3) is 0 Å². The molecule has 8 heteroatoms. The van der Waals surface area contributed by atoms with Gasteiger partial charge in [0.2, 0.25) is 17.6 Å². The van der Waals surface area contributed by atoms with Gasteiger partial charge in [-0.25, -0.2) is 9.78 Å². The summed E-state index contributed by atoms with van der Waals surface area (Å²) >= 11 is 0. The summed E-state index contributed by atoms with van der Waals surface area (Å²) in [6, 6.07) is 16.6. The van der Waals surface area contributed by atoms with Gasteiger partial charge in [0, 0.05) is 17.7 Å². The number of carbonyl (C=O) groups is 1. The number of hydrogen-bond donors (Lipinski definition) is 0. The Morgan fingerprint density at radius 1 is 1.00 bits per heavy atom. The van der Waals surface area contributed by atoms with E-state index in [0.29, 0.717) is 36.3 Å². The van der Waals surface area contributed by atoms with Gasteiger partial charge in [-0.2, -0.15) is 4.98 Å². The molecular weight excluding hydrogens is 396 g/mol. The van der Waals surface area contributed by atoms with E-state index in [4.69, 9.17) is 13.7 Å². The smallest absolute Gasteiger partial charge is 0.337 e. The van der Waals surface area contributed by atoms with Crippen molar-refractivity contribution in [2.45, 2.75) is 20.0 Å². The third kappa shape index (κ3) is 4.70. The summed E-state index contributed by atoms with van der Waals surface area (Å²) in [4.78, 5) is 22.7. The molecule has 0 bridgehead atoms. The van der Waals surface area contributed by atoms with Crippen LogP contribution in [-0.4, -0.2) is 40.2 Å². The molecule has 0 fully saturated rings. The molecule has 2 heterocycles. The average molecular weight is 418 g/mol. The molecule has 0 spiro atoms. The van der Waals surface area contributed by atoms with E-state index in [1.807, 2.05) is 49.2 Å². The zero-order valence-electron chi connectivity index (χ0n) is 17.5. The van der Waals surface area contributed by atoms with Crippen LogP contribution in [0.1, 0.15) is 27.7 Å². The SMILES string of the molecule is COC(=O)c1ccc(-c2nc(CN(C)Cc3nc(-c4ccccc4)no3)c(C)o2)cc1. The maximum absolute atomic E-state index is 11.6. The molecule has 0 unspecified atom stereocenters. The number of nitrogens with zero attached hydrogens (tertiary/aromatic N) is 4. The molecule has 31 heavy (non-hydrogen) atoms. The Kier molecular flexibility index (Phi) is 5.90. The van der Waals surface area contributed by atoms with Gasteiger partial charge in [0.05, 0.1) is 24.9 Å². The number of rotatable bonds is 7. The zero-order chi connectivity index (χ0) is 21.8. The van der Waals surface area contributed by atoms with Crippen LogP contribution in [0.15, 0.2) is 63.5 Å². The molecule has 4 rings (SSSR count). The van der Waals surface area contributed by atoms with E-state index < -0.39 is 0 Å². The lowest BCUT2D eigenvalue weighted by Crippen LogP contribution is -2.18. The van der Waals surface area contributed by atoms with Crippen molar-refractivity contribution < 1.29 is 18.5 Å². The second-order valence-electron chi connectivity index (χ2n) is 7.14. The lowest BCUT2D eigenvalue weighted by Gasteiger charge is -2.12. The number of benzene rings is 2. The van der Waals surface area contributed by atoms with Crippen LogP contribution in [0.5, 0.6) is 0 Å². The lowest BCUT2D eigenvalue weighted by molar-refractivity contribution is 0.0600. The first-order valence-electron chi connectivity index (χ1n) is 9.75. The monoisotopic (exact) mass is 418 g/mol. The Morgan fingerprint density at radius 3 is 2.45 bits per heavy atom. The first-order valence-corrected chi connectivity index (χ1v) is 9.75. The van der Waals surface area contributed by atoms with Crippen LogP contribution in [0.2, 0.25) is 0 Å². The summed E-state index contributed by atoms with van der Waals surface area (Å²) in [6.07, 6.45) is 0. The highest BCUT2D eigenvalue weighted by Crippen LogP contribution is 2.23. The van der Waals surface area contributed by atoms with E-state index in [0.717, 1.165) is 22.6 Å². The van der Waals surface area contributed by atoms with Crippen molar-refractivity contribution in [2.75, 3.05) is 14.2 Å². The van der Waals surface area contributed by atoms with Gasteiger partial charge >= 0.3 is 5.97 Å². The topological polar surface area (TPSA) is 94.5 Å². The fraction of sp³-hybridized carbons (Fsp3) is 0.217. The van der Waals surface area contributed by atoms with Crippen molar-refractivity contribution in [2.24, 2.45) is 0 Å². The Morgan fingerprint density at radius 2 is 1.74 bits per heavy atom. The molecule has 0 amide bonds. The molecule has 0 saturated heterocycles. The van der Waals surface area contributed by atoms with Crippen LogP contribution in [0.25, 0.3) is 22.8 Å². The molecule has 0 aliphatic heterocycles. The van der Waals surface area contributed by atoms with Gasteiger partial charge in [-0.3, -0.25) is 4.90 Å². The van der Waals surface area contributed by atoms with Crippen molar-refractivity contribution >= 4 is 5.97 Å². The summed E-state index contributed by atoms with van der Waals surface area (Å²) in [5, 5.41) is 4.05. The van der Waals surface area contributed by atoms with E-state index in [1.165, 1.54) is 7.11 Å². The molecule has 8 nitrogen and oxygen atoms in total. The number of esters is 1. The molecule has 0 N–H and O–H groups in total. The maximum Gasteiger partial charge on any atom is 0.337 e. The van der Waals surface area contributed by atoms with Crippen molar-refractivity contribution in [3.63, 3.8) is 0 Å². The highest BCUT2D eigenvalue weighted by Gasteiger charge is 2.16. The predicted molar refractivity (Wildman–Crippen MR) is 113 cm³/mol. The van der Waals surface area contributed by atoms with Crippen LogP contribution in [-0.2, 0) is 17.8 Å². The summed E-state index contributed by atoms with van der Waals surface area (Å²) in [7, 11) is 3.30. The van der Waals surface area contributed by atoms with E-state index >= 15 is 0 Å². The minimum Gasteiger partial charge on any atom is -0.465 e. The molecule has 0 atom stereocenters. The third-order valence-corrected chi connectivity index (χ3v) is 4.77. The highest BCUT2D eigenvalue weighted by molar-refractivity contribution is 5.89. The minimum absolute atomic E-state index is 0.381. The molecule has 2 aromatic heterocycles. The van der Waals surface area contributed by atoms with Gasteiger partial charge in [0.1, 0.15) is 5.76 Å². The minimum atomic E-state index is -0.381. The Balaban J connectivity index is 1.42. The number of ether oxygens (including phenoxy) is 1. The van der Waals surface area contributed by atoms with Crippen LogP contribution >= 0.6 is 0 Å². The predicted octanol–water partition coefficient (Wildman–Crippen LogP) is 4.12. The number of aryl methyl sites for hydroxylation is 1. The zero-order valence-corrected chi connectivity index (χ0v) is 17.5. The van der Waals surface area contributed by atoms with E-state index in [2.05, 4.69) is 15.1 Å². The maximum atomic E-state index is 11.6. The number of oxazole rings is 1. The normalized spacial score (nSPS) is 11.1. The first kappa shape index (κ1) is 20.5. The van der Waals surface area contributed by atoms with Crippen LogP contribution in [0, 0.1) is 6.92 Å². The summed E-state index contributed by atoms with van der Waals surface area (Å²) in [5.74, 6) is 1.95. The molecule has 0 aliphatic rings. The quantitative estimate of drug-likeness (QED) is 0.414. The number of hydrogen-bond acceptors (Lipinski definition) is 8.